The van der Waals surface area contributed by atoms with E-state index in [4.69, 9.17) is 10.5 Å². The second-order valence-corrected chi connectivity index (χ2v) is 5.06. The molecule has 0 aromatic heterocycles. The van der Waals surface area contributed by atoms with Gasteiger partial charge in [-0.3, -0.25) is 0 Å². The molecule has 0 fully saturated rings. The number of hydrogen-bond acceptors (Lipinski definition) is 4. The Morgan fingerprint density at radius 2 is 1.58 bits per heavy atom. The van der Waals surface area contributed by atoms with E-state index >= 15 is 0 Å². The Morgan fingerprint density at radius 3 is 2.11 bits per heavy atom. The summed E-state index contributed by atoms with van der Waals surface area (Å²) < 4.78 is 4.94. The average Bonchev–Trinajstić information content (AvgIpc) is 2.42. The molecular weight excluding hydrogens is 258 g/mol. The predicted molar refractivity (Wildman–Crippen MR) is 77.4 cm³/mol. The summed E-state index contributed by atoms with van der Waals surface area (Å²) in [7, 11) is 0. The van der Waals surface area contributed by atoms with E-state index in [-0.39, 0.29) is 5.97 Å². The van der Waals surface area contributed by atoms with Crippen molar-refractivity contribution in [2.75, 3.05) is 12.3 Å². The molecule has 98 valence electrons. The van der Waals surface area contributed by atoms with Crippen molar-refractivity contribution in [1.29, 1.82) is 0 Å². The minimum absolute atomic E-state index is 0.286. The van der Waals surface area contributed by atoms with Crippen LogP contribution in [0.1, 0.15) is 17.3 Å². The first kappa shape index (κ1) is 13.5. The highest BCUT2D eigenvalue weighted by molar-refractivity contribution is 7.99. The van der Waals surface area contributed by atoms with Crippen molar-refractivity contribution < 1.29 is 9.53 Å². The van der Waals surface area contributed by atoms with Gasteiger partial charge in [0.15, 0.2) is 0 Å². The summed E-state index contributed by atoms with van der Waals surface area (Å²) in [6, 6.07) is 15.1. The Labute approximate surface area is 116 Å². The maximum atomic E-state index is 11.5. The van der Waals surface area contributed by atoms with Crippen LogP contribution in [0.3, 0.4) is 0 Å². The van der Waals surface area contributed by atoms with Crippen molar-refractivity contribution in [3.05, 3.63) is 54.1 Å². The molecule has 2 rings (SSSR count). The topological polar surface area (TPSA) is 52.3 Å². The summed E-state index contributed by atoms with van der Waals surface area (Å²) in [4.78, 5) is 13.7. The number of carbonyl (C=O) groups excluding carboxylic acids is 1. The van der Waals surface area contributed by atoms with Crippen LogP contribution in [0.2, 0.25) is 0 Å². The lowest BCUT2D eigenvalue weighted by atomic mass is 10.2. The van der Waals surface area contributed by atoms with Gasteiger partial charge in [0.05, 0.1) is 12.2 Å². The van der Waals surface area contributed by atoms with E-state index in [2.05, 4.69) is 0 Å². The van der Waals surface area contributed by atoms with E-state index < -0.39 is 0 Å². The lowest BCUT2D eigenvalue weighted by Crippen LogP contribution is -2.03. The second kappa shape index (κ2) is 6.29. The highest BCUT2D eigenvalue weighted by atomic mass is 32.2. The quantitative estimate of drug-likeness (QED) is 0.683. The monoisotopic (exact) mass is 273 g/mol. The molecule has 0 saturated heterocycles. The molecular formula is C15H15NO2S. The first-order valence-corrected chi connectivity index (χ1v) is 6.81. The van der Waals surface area contributed by atoms with Gasteiger partial charge >= 0.3 is 5.97 Å². The number of carbonyl (C=O) groups is 1. The fraction of sp³-hybridized carbons (Fsp3) is 0.133. The minimum atomic E-state index is -0.286. The third-order valence-electron chi connectivity index (χ3n) is 2.48. The Morgan fingerprint density at radius 1 is 1.05 bits per heavy atom. The zero-order valence-corrected chi connectivity index (χ0v) is 11.4. The fourth-order valence-electron chi connectivity index (χ4n) is 1.55. The normalized spacial score (nSPS) is 10.2. The molecule has 0 atom stereocenters. The first-order valence-electron chi connectivity index (χ1n) is 5.99. The van der Waals surface area contributed by atoms with Gasteiger partial charge in [-0.15, -0.1) is 0 Å². The number of hydrogen-bond donors (Lipinski definition) is 1. The molecule has 2 N–H and O–H groups in total. The molecule has 0 saturated carbocycles. The predicted octanol–water partition coefficient (Wildman–Crippen LogP) is 3.60. The molecule has 0 aliphatic rings. The minimum Gasteiger partial charge on any atom is -0.462 e. The van der Waals surface area contributed by atoms with Gasteiger partial charge < -0.3 is 10.5 Å². The molecule has 2 aromatic rings. The SMILES string of the molecule is CCOC(=O)c1ccc(Sc2ccc(N)cc2)cc1. The summed E-state index contributed by atoms with van der Waals surface area (Å²) in [6.07, 6.45) is 0. The Balaban J connectivity index is 2.06. The Kier molecular flexibility index (Phi) is 4.47. The maximum Gasteiger partial charge on any atom is 0.338 e. The second-order valence-electron chi connectivity index (χ2n) is 3.92. The van der Waals surface area contributed by atoms with Gasteiger partial charge in [0, 0.05) is 15.5 Å². The zero-order chi connectivity index (χ0) is 13.7. The van der Waals surface area contributed by atoms with E-state index in [0.29, 0.717) is 12.2 Å². The molecule has 0 amide bonds. The summed E-state index contributed by atoms with van der Waals surface area (Å²) in [5, 5.41) is 0. The third-order valence-corrected chi connectivity index (χ3v) is 3.50. The molecule has 19 heavy (non-hydrogen) atoms. The summed E-state index contributed by atoms with van der Waals surface area (Å²) in [5.74, 6) is -0.286. The van der Waals surface area contributed by atoms with Gasteiger partial charge in [-0.2, -0.15) is 0 Å². The number of rotatable bonds is 4. The van der Waals surface area contributed by atoms with Gasteiger partial charge in [-0.05, 0) is 55.5 Å². The average molecular weight is 273 g/mol. The first-order chi connectivity index (χ1) is 9.19. The van der Waals surface area contributed by atoms with Gasteiger partial charge in [0.2, 0.25) is 0 Å². The van der Waals surface area contributed by atoms with E-state index in [9.17, 15) is 4.79 Å². The number of ether oxygens (including phenoxy) is 1. The van der Waals surface area contributed by atoms with Crippen LogP contribution in [0.5, 0.6) is 0 Å². The summed E-state index contributed by atoms with van der Waals surface area (Å²) >= 11 is 1.62. The lowest BCUT2D eigenvalue weighted by molar-refractivity contribution is 0.0526. The summed E-state index contributed by atoms with van der Waals surface area (Å²) in [5.41, 5.74) is 6.97. The highest BCUT2D eigenvalue weighted by Gasteiger charge is 2.06. The van der Waals surface area contributed by atoms with E-state index in [1.807, 2.05) is 36.4 Å². The van der Waals surface area contributed by atoms with E-state index in [0.717, 1.165) is 15.5 Å². The molecule has 0 unspecified atom stereocenters. The highest BCUT2D eigenvalue weighted by Crippen LogP contribution is 2.28. The van der Waals surface area contributed by atoms with Crippen LogP contribution in [0.15, 0.2) is 58.3 Å². The third kappa shape index (κ3) is 3.76. The molecule has 0 spiro atoms. The smallest absolute Gasteiger partial charge is 0.338 e. The standard InChI is InChI=1S/C15H15NO2S/c1-2-18-15(17)11-3-7-13(8-4-11)19-14-9-5-12(16)6-10-14/h3-10H,2,16H2,1H3. The van der Waals surface area contributed by atoms with Crippen molar-refractivity contribution in [3.8, 4) is 0 Å². The van der Waals surface area contributed by atoms with Gasteiger partial charge in [-0.1, -0.05) is 11.8 Å². The van der Waals surface area contributed by atoms with E-state index in [1.54, 1.807) is 30.8 Å². The van der Waals surface area contributed by atoms with Gasteiger partial charge in [0.1, 0.15) is 0 Å². The molecule has 0 radical (unpaired) electrons. The fourth-order valence-corrected chi connectivity index (χ4v) is 2.36. The molecule has 0 aliphatic carbocycles. The van der Waals surface area contributed by atoms with Crippen LogP contribution in [0, 0.1) is 0 Å². The van der Waals surface area contributed by atoms with Crippen molar-refractivity contribution in [2.45, 2.75) is 16.7 Å². The number of nitrogens with two attached hydrogens (primary N) is 1. The van der Waals surface area contributed by atoms with Crippen molar-refractivity contribution >= 4 is 23.4 Å². The van der Waals surface area contributed by atoms with Crippen LogP contribution < -0.4 is 5.73 Å². The number of nitrogen functional groups attached to an aromatic ring is 1. The van der Waals surface area contributed by atoms with Gasteiger partial charge in [-0.25, -0.2) is 4.79 Å². The maximum absolute atomic E-state index is 11.5. The lowest BCUT2D eigenvalue weighted by Gasteiger charge is -2.04. The number of esters is 1. The zero-order valence-electron chi connectivity index (χ0n) is 10.6. The van der Waals surface area contributed by atoms with Crippen molar-refractivity contribution in [2.24, 2.45) is 0 Å². The Hall–Kier alpha value is -1.94. The molecule has 0 heterocycles. The Bertz CT molecular complexity index is 549. The van der Waals surface area contributed by atoms with E-state index in [1.165, 1.54) is 0 Å². The number of anilines is 1. The molecule has 3 nitrogen and oxygen atoms in total. The van der Waals surface area contributed by atoms with Crippen LogP contribution in [-0.2, 0) is 4.74 Å². The van der Waals surface area contributed by atoms with Crippen LogP contribution in [0.25, 0.3) is 0 Å². The molecule has 4 heteroatoms. The molecule has 0 aliphatic heterocycles. The van der Waals surface area contributed by atoms with Crippen LogP contribution in [-0.4, -0.2) is 12.6 Å². The van der Waals surface area contributed by atoms with Gasteiger partial charge in [0.25, 0.3) is 0 Å². The van der Waals surface area contributed by atoms with Crippen molar-refractivity contribution in [1.82, 2.24) is 0 Å². The van der Waals surface area contributed by atoms with Crippen LogP contribution >= 0.6 is 11.8 Å². The molecule has 0 bridgehead atoms. The van der Waals surface area contributed by atoms with Crippen molar-refractivity contribution in [3.63, 3.8) is 0 Å². The number of benzene rings is 2. The molecule has 2 aromatic carbocycles. The summed E-state index contributed by atoms with van der Waals surface area (Å²) in [6.45, 7) is 2.18. The van der Waals surface area contributed by atoms with Crippen LogP contribution in [0.4, 0.5) is 5.69 Å². The largest absolute Gasteiger partial charge is 0.462 e.